The molecule has 160 valence electrons. The molecule has 1 aromatic carbocycles. The quantitative estimate of drug-likeness (QED) is 0.135. The third kappa shape index (κ3) is 10.8. The van der Waals surface area contributed by atoms with Gasteiger partial charge in [-0.1, -0.05) is 65.7 Å². The summed E-state index contributed by atoms with van der Waals surface area (Å²) in [4.78, 5) is 31.5. The normalized spacial score (nSPS) is 11.0. The summed E-state index contributed by atoms with van der Waals surface area (Å²) in [5, 5.41) is 0. The number of benzene rings is 1. The monoisotopic (exact) mass is 426 g/mol. The highest BCUT2D eigenvalue weighted by Gasteiger charge is 2.34. The van der Waals surface area contributed by atoms with E-state index in [1.165, 1.54) is 19.4 Å². The average Bonchev–Trinajstić information content (AvgIpc) is 2.70. The number of hydrogen-bond acceptors (Lipinski definition) is 8. The summed E-state index contributed by atoms with van der Waals surface area (Å²) in [6, 6.07) is 10.1. The first-order valence-electron chi connectivity index (χ1n) is 9.14. The Morgan fingerprint density at radius 3 is 1.90 bits per heavy atom. The number of aryl methyl sites for hydroxylation is 1. The number of phosphoric acid groups is 1. The molecule has 0 spiro atoms. The summed E-state index contributed by atoms with van der Waals surface area (Å²) >= 11 is 0. The van der Waals surface area contributed by atoms with Crippen LogP contribution < -0.4 is 0 Å². The van der Waals surface area contributed by atoms with Gasteiger partial charge in [0.25, 0.3) is 0 Å². The first kappa shape index (κ1) is 24.8. The van der Waals surface area contributed by atoms with E-state index in [2.05, 4.69) is 44.4 Å². The summed E-state index contributed by atoms with van der Waals surface area (Å²) in [6.07, 6.45) is 4.28. The summed E-state index contributed by atoms with van der Waals surface area (Å²) in [5.74, 6) is -1.94. The zero-order valence-electron chi connectivity index (χ0n) is 16.8. The molecule has 8 nitrogen and oxygen atoms in total. The number of hydrogen-bond donors (Lipinski definition) is 0. The van der Waals surface area contributed by atoms with E-state index in [1.54, 1.807) is 0 Å². The van der Waals surface area contributed by atoms with E-state index in [0.717, 1.165) is 25.7 Å². The maximum absolute atomic E-state index is 12.5. The van der Waals surface area contributed by atoms with Crippen molar-refractivity contribution in [1.29, 1.82) is 0 Å². The largest absolute Gasteiger partial charge is 0.547 e. The van der Waals surface area contributed by atoms with Crippen LogP contribution >= 0.6 is 7.82 Å². The lowest BCUT2D eigenvalue weighted by atomic mass is 10.1. The Bertz CT molecular complexity index is 710. The van der Waals surface area contributed by atoms with Crippen LogP contribution in [0.15, 0.2) is 54.6 Å². The van der Waals surface area contributed by atoms with Gasteiger partial charge >= 0.3 is 19.8 Å². The van der Waals surface area contributed by atoms with Crippen LogP contribution in [0.3, 0.4) is 0 Å². The van der Waals surface area contributed by atoms with Gasteiger partial charge in [-0.3, -0.25) is 14.3 Å². The first-order chi connectivity index (χ1) is 13.7. The van der Waals surface area contributed by atoms with E-state index >= 15 is 0 Å². The summed E-state index contributed by atoms with van der Waals surface area (Å²) in [5.41, 5.74) is 1.29. The van der Waals surface area contributed by atoms with Crippen LogP contribution in [0, 0.1) is 0 Å². The molecule has 29 heavy (non-hydrogen) atoms. The van der Waals surface area contributed by atoms with Crippen LogP contribution in [0.4, 0.5) is 0 Å². The summed E-state index contributed by atoms with van der Waals surface area (Å²) < 4.78 is 26.4. The lowest BCUT2D eigenvalue weighted by Gasteiger charge is -2.14. The highest BCUT2D eigenvalue weighted by atomic mass is 31.2. The third-order valence-electron chi connectivity index (χ3n) is 3.56. The molecule has 0 unspecified atom stereocenters. The number of carbonyl (C=O) groups excluding carboxylic acids is 2. The standard InChI is InChI=1S/C20H27O8P/c1-16(2)19(21)25-27-29(23,28-26-20(22)17(3)4)24-15-11-6-5-8-12-18-13-9-7-10-14-18/h7,9-10,13-14H,1,3,5-6,8,11-12,15H2,2,4H3. The molecule has 0 fully saturated rings. The Morgan fingerprint density at radius 1 is 0.862 bits per heavy atom. The topological polar surface area (TPSA) is 97.4 Å². The van der Waals surface area contributed by atoms with Crippen molar-refractivity contribution in [2.45, 2.75) is 46.0 Å². The molecule has 0 radical (unpaired) electrons. The van der Waals surface area contributed by atoms with Crippen molar-refractivity contribution in [2.24, 2.45) is 0 Å². The Kier molecular flexibility index (Phi) is 11.2. The Hall–Kier alpha value is -2.25. The minimum Gasteiger partial charge on any atom is -0.283 e. The van der Waals surface area contributed by atoms with Crippen molar-refractivity contribution in [2.75, 3.05) is 6.61 Å². The van der Waals surface area contributed by atoms with E-state index < -0.39 is 19.8 Å². The molecule has 1 rings (SSSR count). The number of unbranched alkanes of at least 4 members (excludes halogenated alkanes) is 3. The van der Waals surface area contributed by atoms with Crippen molar-refractivity contribution in [3.8, 4) is 0 Å². The molecule has 0 aliphatic rings. The first-order valence-corrected chi connectivity index (χ1v) is 10.6. The second kappa shape index (κ2) is 13.1. The molecule has 0 aromatic heterocycles. The molecular formula is C20H27O8P. The highest BCUT2D eigenvalue weighted by Crippen LogP contribution is 2.50. The maximum atomic E-state index is 12.5. The van der Waals surface area contributed by atoms with Crippen molar-refractivity contribution < 1.29 is 37.8 Å². The lowest BCUT2D eigenvalue weighted by Crippen LogP contribution is -2.11. The predicted molar refractivity (Wildman–Crippen MR) is 106 cm³/mol. The fourth-order valence-corrected chi connectivity index (χ4v) is 2.74. The van der Waals surface area contributed by atoms with Crippen molar-refractivity contribution in [3.05, 3.63) is 60.2 Å². The Labute approximate surface area is 170 Å². The molecule has 0 saturated heterocycles. The van der Waals surface area contributed by atoms with Gasteiger partial charge in [-0.25, -0.2) is 14.2 Å². The van der Waals surface area contributed by atoms with Crippen LogP contribution in [0.25, 0.3) is 0 Å². The SMILES string of the molecule is C=C(C)C(=O)OOP(=O)(OCCCCCCc1ccccc1)OOC(=O)C(=C)C. The third-order valence-corrected chi connectivity index (χ3v) is 4.57. The number of carbonyl (C=O) groups is 2. The van der Waals surface area contributed by atoms with Crippen LogP contribution in [0.5, 0.6) is 0 Å². The van der Waals surface area contributed by atoms with E-state index in [1.807, 2.05) is 18.2 Å². The van der Waals surface area contributed by atoms with Gasteiger partial charge in [-0.05, 0) is 38.7 Å². The van der Waals surface area contributed by atoms with E-state index in [0.29, 0.717) is 6.42 Å². The fraction of sp³-hybridized carbons (Fsp3) is 0.400. The lowest BCUT2D eigenvalue weighted by molar-refractivity contribution is -0.258. The zero-order valence-corrected chi connectivity index (χ0v) is 17.7. The molecule has 0 saturated carbocycles. The van der Waals surface area contributed by atoms with Crippen molar-refractivity contribution in [1.82, 2.24) is 0 Å². The van der Waals surface area contributed by atoms with Gasteiger partial charge in [0, 0.05) is 11.1 Å². The van der Waals surface area contributed by atoms with Crippen LogP contribution in [-0.2, 0) is 44.2 Å². The van der Waals surface area contributed by atoms with Gasteiger partial charge in [0.05, 0.1) is 6.61 Å². The minimum atomic E-state index is -4.48. The smallest absolute Gasteiger partial charge is 0.283 e. The minimum absolute atomic E-state index is 0.00824. The van der Waals surface area contributed by atoms with E-state index in [-0.39, 0.29) is 17.8 Å². The van der Waals surface area contributed by atoms with Gasteiger partial charge in [-0.2, -0.15) is 0 Å². The zero-order chi connectivity index (χ0) is 21.7. The van der Waals surface area contributed by atoms with Crippen molar-refractivity contribution >= 4 is 19.8 Å². The number of rotatable bonds is 14. The Balaban J connectivity index is 2.39. The molecule has 0 aliphatic carbocycles. The van der Waals surface area contributed by atoms with Gasteiger partial charge < -0.3 is 0 Å². The second-order valence-electron chi connectivity index (χ2n) is 6.38. The molecule has 0 N–H and O–H groups in total. The maximum Gasteiger partial charge on any atom is 0.547 e. The molecular weight excluding hydrogens is 399 g/mol. The van der Waals surface area contributed by atoms with E-state index in [9.17, 15) is 14.2 Å². The highest BCUT2D eigenvalue weighted by molar-refractivity contribution is 7.48. The van der Waals surface area contributed by atoms with Gasteiger partial charge in [-0.15, -0.1) is 0 Å². The summed E-state index contributed by atoms with van der Waals surface area (Å²) in [6.45, 7) is 9.44. The van der Waals surface area contributed by atoms with Gasteiger partial charge in [0.2, 0.25) is 0 Å². The second-order valence-corrected chi connectivity index (χ2v) is 7.83. The summed E-state index contributed by atoms with van der Waals surface area (Å²) in [7, 11) is -4.48. The van der Waals surface area contributed by atoms with Crippen LogP contribution in [-0.4, -0.2) is 18.5 Å². The Morgan fingerprint density at radius 2 is 1.38 bits per heavy atom. The average molecular weight is 426 g/mol. The molecule has 0 heterocycles. The fourth-order valence-electron chi connectivity index (χ4n) is 1.96. The van der Waals surface area contributed by atoms with Crippen molar-refractivity contribution in [3.63, 3.8) is 0 Å². The van der Waals surface area contributed by atoms with Gasteiger partial charge in [0.1, 0.15) is 0 Å². The molecule has 0 amide bonds. The van der Waals surface area contributed by atoms with E-state index in [4.69, 9.17) is 4.52 Å². The molecule has 1 aromatic rings. The van der Waals surface area contributed by atoms with Gasteiger partial charge in [0.15, 0.2) is 0 Å². The molecule has 9 heteroatoms. The molecule has 0 aliphatic heterocycles. The predicted octanol–water partition coefficient (Wildman–Crippen LogP) is 5.02. The molecule has 0 bridgehead atoms. The van der Waals surface area contributed by atoms with Crippen LogP contribution in [0.1, 0.15) is 45.1 Å². The molecule has 0 atom stereocenters. The van der Waals surface area contributed by atoms with Crippen LogP contribution in [0.2, 0.25) is 0 Å².